The van der Waals surface area contributed by atoms with Crippen molar-refractivity contribution in [3.05, 3.63) is 64.3 Å². The maximum Gasteiger partial charge on any atom is 0.416 e. The van der Waals surface area contributed by atoms with Crippen LogP contribution in [0.4, 0.5) is 13.2 Å². The molecule has 1 N–H and O–H groups in total. The molecule has 0 heterocycles. The van der Waals surface area contributed by atoms with Gasteiger partial charge < -0.3 is 19.3 Å². The smallest absolute Gasteiger partial charge is 0.416 e. The molecule has 0 amide bonds. The third kappa shape index (κ3) is 14.6. The van der Waals surface area contributed by atoms with Crippen LogP contribution in [0.2, 0.25) is 0 Å². The minimum Gasteiger partial charge on any atom is -0.508 e. The summed E-state index contributed by atoms with van der Waals surface area (Å²) in [5.74, 6) is 1.07. The first-order valence-electron chi connectivity index (χ1n) is 11.5. The van der Waals surface area contributed by atoms with Crippen molar-refractivity contribution in [2.75, 3.05) is 25.6 Å². The molecule has 0 aliphatic heterocycles. The molecule has 0 aromatic heterocycles. The van der Waals surface area contributed by atoms with Crippen molar-refractivity contribution in [2.24, 2.45) is 0 Å². The Morgan fingerprint density at radius 3 is 2.26 bits per heavy atom. The molecule has 0 spiro atoms. The fourth-order valence-corrected chi connectivity index (χ4v) is 3.67. The summed E-state index contributed by atoms with van der Waals surface area (Å²) in [6.07, 6.45) is 1.70. The molecule has 35 heavy (non-hydrogen) atoms. The van der Waals surface area contributed by atoms with Crippen LogP contribution in [0.5, 0.6) is 5.75 Å². The highest BCUT2D eigenvalue weighted by molar-refractivity contribution is 8.03. The number of rotatable bonds is 9. The Morgan fingerprint density at radius 2 is 1.77 bits per heavy atom. The second kappa shape index (κ2) is 18.0. The van der Waals surface area contributed by atoms with Crippen LogP contribution in [-0.2, 0) is 20.4 Å². The van der Waals surface area contributed by atoms with E-state index in [1.807, 2.05) is 39.8 Å². The van der Waals surface area contributed by atoms with Crippen LogP contribution in [0.3, 0.4) is 0 Å². The van der Waals surface area contributed by atoms with Gasteiger partial charge in [-0.1, -0.05) is 19.9 Å². The van der Waals surface area contributed by atoms with Gasteiger partial charge in [0.05, 0.1) is 12.2 Å². The number of carbonyl (C=O) groups excluding carboxylic acids is 1. The Balaban J connectivity index is 0.00000126. The molecule has 9 heteroatoms. The molecule has 198 valence electrons. The maximum absolute atomic E-state index is 12.6. The quantitative estimate of drug-likeness (QED) is 0.342. The van der Waals surface area contributed by atoms with Crippen molar-refractivity contribution in [1.82, 2.24) is 0 Å². The molecule has 1 aliphatic rings. The van der Waals surface area contributed by atoms with E-state index in [1.165, 1.54) is 19.1 Å². The van der Waals surface area contributed by atoms with Gasteiger partial charge in [-0.05, 0) is 74.1 Å². The first kappa shape index (κ1) is 32.6. The lowest BCUT2D eigenvalue weighted by Gasteiger charge is -2.18. The highest BCUT2D eigenvalue weighted by atomic mass is 32.2. The van der Waals surface area contributed by atoms with Gasteiger partial charge in [0.15, 0.2) is 0 Å². The number of esters is 1. The van der Waals surface area contributed by atoms with Crippen LogP contribution < -0.4 is 4.74 Å². The summed E-state index contributed by atoms with van der Waals surface area (Å²) in [7, 11) is 0. The highest BCUT2D eigenvalue weighted by Gasteiger charge is 2.30. The monoisotopic (exact) mass is 518 g/mol. The molecule has 0 saturated carbocycles. The van der Waals surface area contributed by atoms with E-state index in [4.69, 9.17) is 9.47 Å². The molecule has 1 atom stereocenters. The lowest BCUT2D eigenvalue weighted by Crippen LogP contribution is -2.24. The van der Waals surface area contributed by atoms with E-state index in [0.717, 1.165) is 29.0 Å². The lowest BCUT2D eigenvalue weighted by molar-refractivity contribution is -0.140. The largest absolute Gasteiger partial charge is 0.508 e. The number of aliphatic hydroxyl groups excluding tert-OH is 1. The summed E-state index contributed by atoms with van der Waals surface area (Å²) < 4.78 is 53.5. The van der Waals surface area contributed by atoms with Gasteiger partial charge in [0.1, 0.15) is 24.2 Å². The fraction of sp³-hybridized carbons (Fsp3) is 0.500. The topological polar surface area (TPSA) is 65.0 Å². The SMILES string of the molecule is CC.CCOC(C)=O.CCOC(COc1ccc(C(F)(F)F)cc1)CSC1=CC(C)=C(O)C=CC1. The van der Waals surface area contributed by atoms with Crippen molar-refractivity contribution in [3.8, 4) is 5.75 Å². The Morgan fingerprint density at radius 1 is 1.14 bits per heavy atom. The van der Waals surface area contributed by atoms with Gasteiger partial charge in [-0.2, -0.15) is 13.2 Å². The molecule has 1 aromatic rings. The average molecular weight is 519 g/mol. The van der Waals surface area contributed by atoms with Crippen molar-refractivity contribution in [3.63, 3.8) is 0 Å². The predicted molar refractivity (Wildman–Crippen MR) is 136 cm³/mol. The van der Waals surface area contributed by atoms with E-state index in [1.54, 1.807) is 24.8 Å². The highest BCUT2D eigenvalue weighted by Crippen LogP contribution is 2.30. The molecule has 1 aromatic carbocycles. The van der Waals surface area contributed by atoms with Crippen LogP contribution in [0.15, 0.2) is 58.7 Å². The Hall–Kier alpha value is -2.39. The van der Waals surface area contributed by atoms with Gasteiger partial charge in [0.25, 0.3) is 0 Å². The first-order valence-corrected chi connectivity index (χ1v) is 12.5. The van der Waals surface area contributed by atoms with Gasteiger partial charge in [-0.15, -0.1) is 11.8 Å². The number of benzene rings is 1. The molecule has 2 rings (SSSR count). The molecular formula is C26H37F3O5S. The van der Waals surface area contributed by atoms with E-state index < -0.39 is 11.7 Å². The maximum atomic E-state index is 12.6. The van der Waals surface area contributed by atoms with Crippen LogP contribution >= 0.6 is 11.8 Å². The van der Waals surface area contributed by atoms with E-state index in [9.17, 15) is 23.1 Å². The number of thioether (sulfide) groups is 1. The summed E-state index contributed by atoms with van der Waals surface area (Å²) in [6.45, 7) is 12.1. The molecule has 0 bridgehead atoms. The van der Waals surface area contributed by atoms with Crippen LogP contribution in [-0.4, -0.2) is 42.8 Å². The zero-order valence-corrected chi connectivity index (χ0v) is 22.1. The van der Waals surface area contributed by atoms with E-state index in [2.05, 4.69) is 4.74 Å². The summed E-state index contributed by atoms with van der Waals surface area (Å²) in [5, 5.41) is 9.74. The molecule has 1 unspecified atom stereocenters. The molecule has 1 aliphatic carbocycles. The fourth-order valence-electron chi connectivity index (χ4n) is 2.61. The van der Waals surface area contributed by atoms with Gasteiger partial charge in [0.2, 0.25) is 0 Å². The van der Waals surface area contributed by atoms with Crippen LogP contribution in [0.25, 0.3) is 0 Å². The summed E-state index contributed by atoms with van der Waals surface area (Å²) in [6, 6.07) is 4.64. The minimum atomic E-state index is -4.36. The van der Waals surface area contributed by atoms with E-state index >= 15 is 0 Å². The molecular weight excluding hydrogens is 481 g/mol. The van der Waals surface area contributed by atoms with Gasteiger partial charge >= 0.3 is 12.1 Å². The molecule has 0 fully saturated rings. The zero-order valence-electron chi connectivity index (χ0n) is 21.3. The van der Waals surface area contributed by atoms with Gasteiger partial charge in [-0.25, -0.2) is 0 Å². The number of hydrogen-bond acceptors (Lipinski definition) is 6. The third-order valence-electron chi connectivity index (χ3n) is 4.20. The number of alkyl halides is 3. The molecule has 5 nitrogen and oxygen atoms in total. The van der Waals surface area contributed by atoms with Gasteiger partial charge in [-0.3, -0.25) is 4.79 Å². The van der Waals surface area contributed by atoms with Crippen LogP contribution in [0, 0.1) is 0 Å². The van der Waals surface area contributed by atoms with Crippen molar-refractivity contribution >= 4 is 17.7 Å². The third-order valence-corrected chi connectivity index (χ3v) is 5.39. The lowest BCUT2D eigenvalue weighted by atomic mass is 10.2. The summed E-state index contributed by atoms with van der Waals surface area (Å²) in [5.41, 5.74) is 0.104. The number of hydrogen-bond donors (Lipinski definition) is 1. The Bertz CT molecular complexity index is 830. The number of ether oxygens (including phenoxy) is 3. The predicted octanol–water partition coefficient (Wildman–Crippen LogP) is 7.49. The number of carbonyl (C=O) groups is 1. The number of halogens is 3. The second-order valence-corrected chi connectivity index (χ2v) is 8.08. The average Bonchev–Trinajstić information content (AvgIpc) is 2.97. The normalized spacial score (nSPS) is 13.9. The summed E-state index contributed by atoms with van der Waals surface area (Å²) in [4.78, 5) is 10.9. The van der Waals surface area contributed by atoms with Gasteiger partial charge in [0, 0.05) is 19.3 Å². The van der Waals surface area contributed by atoms with Crippen molar-refractivity contribution in [2.45, 2.75) is 60.2 Å². The summed E-state index contributed by atoms with van der Waals surface area (Å²) >= 11 is 1.62. The zero-order chi connectivity index (χ0) is 26.9. The standard InChI is InChI=1S/C20H23F3O3S.C4H8O2.C2H6/c1-3-25-17(13-27-18-5-4-6-19(24)14(2)11-18)12-26-16-9-7-15(8-10-16)20(21,22)23;1-3-6-4(2)5;1-2/h4,6-11,17,24H,3,5,12-13H2,1-2H3;3H2,1-2H3;1-2H3. The van der Waals surface area contributed by atoms with E-state index in [0.29, 0.717) is 24.7 Å². The van der Waals surface area contributed by atoms with E-state index in [-0.39, 0.29) is 24.4 Å². The molecule has 0 radical (unpaired) electrons. The Kier molecular flexibility index (Phi) is 16.7. The Labute approximate surface area is 211 Å². The molecule has 0 saturated heterocycles. The van der Waals surface area contributed by atoms with Crippen molar-refractivity contribution in [1.29, 1.82) is 0 Å². The number of allylic oxidation sites excluding steroid dienone is 5. The first-order chi connectivity index (χ1) is 16.6. The second-order valence-electron chi connectivity index (χ2n) is 6.93. The van der Waals surface area contributed by atoms with Crippen LogP contribution in [0.1, 0.15) is 53.5 Å². The van der Waals surface area contributed by atoms with Crippen molar-refractivity contribution < 1.29 is 37.3 Å². The minimum absolute atomic E-state index is 0.201. The number of aliphatic hydroxyl groups is 1.